The van der Waals surface area contributed by atoms with Crippen LogP contribution in [0.3, 0.4) is 0 Å². The highest BCUT2D eigenvalue weighted by molar-refractivity contribution is 5.80. The van der Waals surface area contributed by atoms with Crippen molar-refractivity contribution in [3.8, 4) is 11.1 Å². The van der Waals surface area contributed by atoms with Gasteiger partial charge in [0.1, 0.15) is 5.78 Å². The fraction of sp³-hybridized carbons (Fsp3) is 0.450. The number of rotatable bonds is 5. The summed E-state index contributed by atoms with van der Waals surface area (Å²) in [6.45, 7) is 10.7. The molecule has 0 N–H and O–H groups in total. The molecule has 0 aromatic rings. The SMILES string of the molecule is Cc1ccc(C(C)CC(=O)CC(C)C)cc2c(C)ccc1-2. The summed E-state index contributed by atoms with van der Waals surface area (Å²) in [7, 11) is 0. The van der Waals surface area contributed by atoms with E-state index in [1.165, 1.54) is 27.8 Å². The minimum Gasteiger partial charge on any atom is -0.300 e. The molecule has 1 unspecified atom stereocenters. The van der Waals surface area contributed by atoms with Crippen molar-refractivity contribution in [2.45, 2.75) is 53.4 Å². The van der Waals surface area contributed by atoms with Crippen molar-refractivity contribution in [1.82, 2.24) is 0 Å². The Balaban J connectivity index is 2.27. The van der Waals surface area contributed by atoms with Gasteiger partial charge < -0.3 is 0 Å². The van der Waals surface area contributed by atoms with Gasteiger partial charge in [0.25, 0.3) is 0 Å². The summed E-state index contributed by atoms with van der Waals surface area (Å²) in [4.78, 5) is 12.1. The van der Waals surface area contributed by atoms with Crippen LogP contribution < -0.4 is 0 Å². The topological polar surface area (TPSA) is 17.1 Å². The predicted molar refractivity (Wildman–Crippen MR) is 90.0 cm³/mol. The second-order valence-corrected chi connectivity index (χ2v) is 6.75. The molecule has 0 saturated carbocycles. The Morgan fingerprint density at radius 3 is 2.19 bits per heavy atom. The third-order valence-electron chi connectivity index (χ3n) is 4.22. The van der Waals surface area contributed by atoms with Crippen LogP contribution in [0.25, 0.3) is 11.1 Å². The van der Waals surface area contributed by atoms with Gasteiger partial charge in [-0.3, -0.25) is 4.79 Å². The molecule has 2 rings (SSSR count). The van der Waals surface area contributed by atoms with E-state index in [2.05, 4.69) is 65.0 Å². The van der Waals surface area contributed by atoms with Gasteiger partial charge in [-0.15, -0.1) is 0 Å². The quantitative estimate of drug-likeness (QED) is 0.706. The Hall–Kier alpha value is -1.63. The molecule has 1 nitrogen and oxygen atoms in total. The summed E-state index contributed by atoms with van der Waals surface area (Å²) in [5, 5.41) is 0. The van der Waals surface area contributed by atoms with Crippen molar-refractivity contribution < 1.29 is 4.79 Å². The number of hydrogen-bond donors (Lipinski definition) is 0. The molecule has 0 spiro atoms. The van der Waals surface area contributed by atoms with Crippen molar-refractivity contribution in [2.75, 3.05) is 0 Å². The molecular formula is C20H26O. The average molecular weight is 282 g/mol. The van der Waals surface area contributed by atoms with E-state index in [-0.39, 0.29) is 5.92 Å². The largest absolute Gasteiger partial charge is 0.300 e. The van der Waals surface area contributed by atoms with Crippen LogP contribution in [0.5, 0.6) is 0 Å². The van der Waals surface area contributed by atoms with Crippen LogP contribution in [0.2, 0.25) is 0 Å². The number of hydrogen-bond acceptors (Lipinski definition) is 1. The van der Waals surface area contributed by atoms with Gasteiger partial charge in [-0.05, 0) is 53.5 Å². The molecule has 2 aliphatic carbocycles. The molecule has 0 amide bonds. The lowest BCUT2D eigenvalue weighted by molar-refractivity contribution is -0.120. The molecule has 0 aromatic heterocycles. The second kappa shape index (κ2) is 6.43. The monoisotopic (exact) mass is 282 g/mol. The smallest absolute Gasteiger partial charge is 0.133 e. The van der Waals surface area contributed by atoms with Gasteiger partial charge in [-0.1, -0.05) is 51.1 Å². The standard InChI is InChI=1S/C20H26O/c1-13(2)10-18(21)11-16(5)17-8-6-14(3)19-9-7-15(4)20(19)12-17/h6-9,12-13,16H,10-11H2,1-5H3. The summed E-state index contributed by atoms with van der Waals surface area (Å²) in [6, 6.07) is 11.0. The molecule has 0 fully saturated rings. The maximum atomic E-state index is 12.1. The first-order valence-electron chi connectivity index (χ1n) is 7.90. The molecule has 2 aliphatic rings. The van der Waals surface area contributed by atoms with E-state index in [0.29, 0.717) is 24.5 Å². The Kier molecular flexibility index (Phi) is 4.82. The molecule has 1 heteroatoms. The summed E-state index contributed by atoms with van der Waals surface area (Å²) in [5.74, 6) is 1.10. The Bertz CT molecular complexity index is 610. The predicted octanol–water partition coefficient (Wildman–Crippen LogP) is 5.52. The van der Waals surface area contributed by atoms with Crippen LogP contribution in [-0.4, -0.2) is 5.78 Å². The normalized spacial score (nSPS) is 12.9. The first-order valence-corrected chi connectivity index (χ1v) is 7.90. The van der Waals surface area contributed by atoms with Gasteiger partial charge in [0.2, 0.25) is 0 Å². The zero-order valence-electron chi connectivity index (χ0n) is 13.9. The third kappa shape index (κ3) is 3.72. The van der Waals surface area contributed by atoms with Gasteiger partial charge in [0.05, 0.1) is 0 Å². The van der Waals surface area contributed by atoms with E-state index in [0.717, 1.165) is 0 Å². The second-order valence-electron chi connectivity index (χ2n) is 6.75. The molecule has 0 saturated heterocycles. The molecule has 0 radical (unpaired) electrons. The molecule has 1 atom stereocenters. The highest BCUT2D eigenvalue weighted by atomic mass is 16.1. The highest BCUT2D eigenvalue weighted by Gasteiger charge is 2.15. The van der Waals surface area contributed by atoms with E-state index in [1.807, 2.05) is 0 Å². The third-order valence-corrected chi connectivity index (χ3v) is 4.22. The van der Waals surface area contributed by atoms with Crippen LogP contribution in [0.15, 0.2) is 30.3 Å². The molecule has 21 heavy (non-hydrogen) atoms. The van der Waals surface area contributed by atoms with Crippen molar-refractivity contribution in [2.24, 2.45) is 5.92 Å². The average Bonchev–Trinajstić information content (AvgIpc) is 2.64. The van der Waals surface area contributed by atoms with Gasteiger partial charge in [0.15, 0.2) is 0 Å². The number of fused-ring (bicyclic) bond motifs is 1. The zero-order valence-corrected chi connectivity index (χ0v) is 13.9. The molecule has 112 valence electrons. The molecule has 0 heterocycles. The highest BCUT2D eigenvalue weighted by Crippen LogP contribution is 2.33. The lowest BCUT2D eigenvalue weighted by Gasteiger charge is -2.11. The Labute approximate surface area is 128 Å². The lowest BCUT2D eigenvalue weighted by atomic mass is 9.92. The Morgan fingerprint density at radius 1 is 0.905 bits per heavy atom. The minimum absolute atomic E-state index is 0.278. The zero-order chi connectivity index (χ0) is 15.6. The summed E-state index contributed by atoms with van der Waals surface area (Å²) in [6.07, 6.45) is 1.33. The van der Waals surface area contributed by atoms with Crippen LogP contribution in [0, 0.1) is 19.8 Å². The molecular weight excluding hydrogens is 256 g/mol. The maximum Gasteiger partial charge on any atom is 0.133 e. The fourth-order valence-corrected chi connectivity index (χ4v) is 2.97. The van der Waals surface area contributed by atoms with Gasteiger partial charge in [-0.25, -0.2) is 0 Å². The van der Waals surface area contributed by atoms with E-state index in [4.69, 9.17) is 0 Å². The lowest BCUT2D eigenvalue weighted by Crippen LogP contribution is -2.07. The summed E-state index contributed by atoms with van der Waals surface area (Å²) in [5.41, 5.74) is 6.51. The van der Waals surface area contributed by atoms with Gasteiger partial charge >= 0.3 is 0 Å². The number of Topliss-reactive ketones (excluding diaryl/α,β-unsaturated/α-hetero) is 1. The van der Waals surface area contributed by atoms with Crippen LogP contribution in [0.4, 0.5) is 0 Å². The minimum atomic E-state index is 0.278. The Morgan fingerprint density at radius 2 is 1.52 bits per heavy atom. The van der Waals surface area contributed by atoms with E-state index >= 15 is 0 Å². The van der Waals surface area contributed by atoms with Crippen molar-refractivity contribution in [1.29, 1.82) is 0 Å². The van der Waals surface area contributed by atoms with Crippen molar-refractivity contribution in [3.05, 3.63) is 47.0 Å². The van der Waals surface area contributed by atoms with Crippen molar-refractivity contribution >= 4 is 5.78 Å². The number of ketones is 1. The van der Waals surface area contributed by atoms with Gasteiger partial charge in [-0.2, -0.15) is 0 Å². The van der Waals surface area contributed by atoms with E-state index in [1.54, 1.807) is 0 Å². The summed E-state index contributed by atoms with van der Waals surface area (Å²) < 4.78 is 0. The molecule has 0 aliphatic heterocycles. The van der Waals surface area contributed by atoms with E-state index < -0.39 is 0 Å². The molecule has 0 aromatic carbocycles. The summed E-state index contributed by atoms with van der Waals surface area (Å²) >= 11 is 0. The first kappa shape index (κ1) is 15.8. The van der Waals surface area contributed by atoms with Crippen molar-refractivity contribution in [3.63, 3.8) is 0 Å². The number of carbonyl (C=O) groups excluding carboxylic acids is 1. The fourth-order valence-electron chi connectivity index (χ4n) is 2.97. The molecule has 0 bridgehead atoms. The van der Waals surface area contributed by atoms with Crippen LogP contribution >= 0.6 is 0 Å². The van der Waals surface area contributed by atoms with Crippen LogP contribution in [-0.2, 0) is 4.79 Å². The van der Waals surface area contributed by atoms with Gasteiger partial charge in [0, 0.05) is 12.8 Å². The number of carbonyl (C=O) groups is 1. The maximum absolute atomic E-state index is 12.1. The first-order chi connectivity index (χ1) is 9.88. The van der Waals surface area contributed by atoms with E-state index in [9.17, 15) is 4.79 Å². The number of aryl methyl sites for hydroxylation is 2. The van der Waals surface area contributed by atoms with Crippen LogP contribution in [0.1, 0.15) is 56.2 Å².